The molecule has 0 aliphatic rings. The van der Waals surface area contributed by atoms with Crippen LogP contribution in [0.3, 0.4) is 0 Å². The van der Waals surface area contributed by atoms with Crippen molar-refractivity contribution < 1.29 is 5.73 Å². The zero-order valence-corrected chi connectivity index (χ0v) is 9.40. The quantitative estimate of drug-likeness (QED) is 0.816. The lowest BCUT2D eigenvalue weighted by Gasteiger charge is -1.93. The summed E-state index contributed by atoms with van der Waals surface area (Å²) in [7, 11) is 0. The fraction of sp³-hybridized carbons (Fsp3) is 0.429. The molecule has 0 saturated carbocycles. The van der Waals surface area contributed by atoms with E-state index >= 15 is 0 Å². The lowest BCUT2D eigenvalue weighted by atomic mass is 10.5. The average molecular weight is 253 g/mol. The molecule has 0 unspecified atom stereocenters. The third kappa shape index (κ3) is 3.60. The van der Waals surface area contributed by atoms with E-state index in [0.29, 0.717) is 0 Å². The maximum Gasteiger partial charge on any atom is 0.0831 e. The van der Waals surface area contributed by atoms with Crippen LogP contribution in [0.25, 0.3) is 0 Å². The monoisotopic (exact) mass is 252 g/mol. The number of thiophene rings is 1. The molecule has 0 aliphatic carbocycles. The number of rotatable bonds is 4. The van der Waals surface area contributed by atoms with Crippen LogP contribution < -0.4 is 5.73 Å². The Morgan fingerprint density at radius 3 is 2.91 bits per heavy atom. The number of hydrogen-bond donors (Lipinski definition) is 1. The van der Waals surface area contributed by atoms with Crippen LogP contribution in [0.5, 0.6) is 0 Å². The van der Waals surface area contributed by atoms with Crippen LogP contribution in [-0.4, -0.2) is 12.3 Å². The van der Waals surface area contributed by atoms with Gasteiger partial charge in [-0.2, -0.15) is 11.8 Å². The van der Waals surface area contributed by atoms with Crippen LogP contribution in [0.4, 0.5) is 0 Å². The van der Waals surface area contributed by atoms with Crippen molar-refractivity contribution in [1.82, 2.24) is 0 Å². The van der Waals surface area contributed by atoms with Gasteiger partial charge in [0.2, 0.25) is 0 Å². The Labute approximate surface area is 83.5 Å². The highest BCUT2D eigenvalue weighted by atomic mass is 79.9. The second-order valence-corrected chi connectivity index (χ2v) is 5.76. The van der Waals surface area contributed by atoms with Crippen molar-refractivity contribution >= 4 is 39.0 Å². The van der Waals surface area contributed by atoms with Crippen LogP contribution in [-0.2, 0) is 5.75 Å². The van der Waals surface area contributed by atoms with Crippen LogP contribution >= 0.6 is 39.0 Å². The maximum absolute atomic E-state index is 3.80. The molecule has 0 spiro atoms. The second-order valence-electron chi connectivity index (χ2n) is 2.11. The highest BCUT2D eigenvalue weighted by Gasteiger charge is 1.96. The van der Waals surface area contributed by atoms with Crippen molar-refractivity contribution in [3.63, 3.8) is 0 Å². The molecule has 4 heteroatoms. The molecule has 3 N–H and O–H groups in total. The summed E-state index contributed by atoms with van der Waals surface area (Å²) in [6.07, 6.45) is 0. The van der Waals surface area contributed by atoms with Gasteiger partial charge in [0.1, 0.15) is 0 Å². The summed E-state index contributed by atoms with van der Waals surface area (Å²) in [4.78, 5) is 1.44. The molecule has 0 atom stereocenters. The van der Waals surface area contributed by atoms with Crippen molar-refractivity contribution in [1.29, 1.82) is 0 Å². The molecule has 0 aromatic carbocycles. The van der Waals surface area contributed by atoms with Gasteiger partial charge in [-0.3, -0.25) is 0 Å². The molecule has 0 saturated heterocycles. The third-order valence-electron chi connectivity index (χ3n) is 1.16. The van der Waals surface area contributed by atoms with Gasteiger partial charge in [0.25, 0.3) is 0 Å². The Morgan fingerprint density at radius 1 is 1.55 bits per heavy atom. The van der Waals surface area contributed by atoms with Gasteiger partial charge in [0.15, 0.2) is 0 Å². The Kier molecular flexibility index (Phi) is 4.52. The largest absolute Gasteiger partial charge is 0.357 e. The van der Waals surface area contributed by atoms with Gasteiger partial charge >= 0.3 is 0 Å². The van der Waals surface area contributed by atoms with Crippen LogP contribution in [0.15, 0.2) is 15.9 Å². The first-order valence-corrected chi connectivity index (χ1v) is 6.20. The van der Waals surface area contributed by atoms with Crippen molar-refractivity contribution in [3.05, 3.63) is 20.8 Å². The van der Waals surface area contributed by atoms with Crippen LogP contribution in [0.1, 0.15) is 4.88 Å². The van der Waals surface area contributed by atoms with E-state index in [-0.39, 0.29) is 0 Å². The molecule has 1 aromatic rings. The van der Waals surface area contributed by atoms with E-state index in [9.17, 15) is 0 Å². The van der Waals surface area contributed by atoms with Crippen molar-refractivity contribution in [2.45, 2.75) is 5.75 Å². The summed E-state index contributed by atoms with van der Waals surface area (Å²) in [5.41, 5.74) is 3.80. The third-order valence-corrected chi connectivity index (χ3v) is 4.06. The summed E-state index contributed by atoms with van der Waals surface area (Å²) in [5.74, 6) is 2.29. The molecule has 0 aliphatic heterocycles. The standard InChI is InChI=1S/C7H10BrNS2/c8-7-2-1-6(11-7)5-10-4-3-9/h1-2H,3-5,9H2/p+1. The van der Waals surface area contributed by atoms with Crippen molar-refractivity contribution in [3.8, 4) is 0 Å². The number of quaternary nitrogens is 1. The molecule has 0 fully saturated rings. The van der Waals surface area contributed by atoms with Crippen LogP contribution in [0, 0.1) is 0 Å². The minimum absolute atomic E-state index is 1.03. The average Bonchev–Trinajstić information content (AvgIpc) is 2.37. The summed E-state index contributed by atoms with van der Waals surface area (Å²) in [6, 6.07) is 4.27. The number of hydrogen-bond acceptors (Lipinski definition) is 2. The summed E-state index contributed by atoms with van der Waals surface area (Å²) >= 11 is 7.20. The van der Waals surface area contributed by atoms with Gasteiger partial charge in [-0.1, -0.05) is 0 Å². The smallest absolute Gasteiger partial charge is 0.0831 e. The van der Waals surface area contributed by atoms with Crippen molar-refractivity contribution in [2.24, 2.45) is 0 Å². The van der Waals surface area contributed by atoms with Crippen LogP contribution in [0.2, 0.25) is 0 Å². The highest BCUT2D eigenvalue weighted by Crippen LogP contribution is 2.25. The summed E-state index contributed by atoms with van der Waals surface area (Å²) in [6.45, 7) is 1.03. The minimum Gasteiger partial charge on any atom is -0.357 e. The van der Waals surface area contributed by atoms with Gasteiger partial charge in [-0.15, -0.1) is 11.3 Å². The fourth-order valence-corrected chi connectivity index (χ4v) is 3.11. The van der Waals surface area contributed by atoms with E-state index in [1.54, 1.807) is 0 Å². The van der Waals surface area contributed by atoms with Gasteiger partial charge in [0, 0.05) is 16.4 Å². The Balaban J connectivity index is 2.27. The lowest BCUT2D eigenvalue weighted by molar-refractivity contribution is -0.360. The zero-order valence-electron chi connectivity index (χ0n) is 6.18. The van der Waals surface area contributed by atoms with E-state index in [1.165, 1.54) is 8.66 Å². The topological polar surface area (TPSA) is 27.6 Å². The van der Waals surface area contributed by atoms with Gasteiger partial charge in [-0.05, 0) is 28.1 Å². The first-order chi connectivity index (χ1) is 5.33. The zero-order chi connectivity index (χ0) is 8.10. The number of thioether (sulfide) groups is 1. The molecule has 1 rings (SSSR count). The van der Waals surface area contributed by atoms with E-state index in [4.69, 9.17) is 0 Å². The first-order valence-electron chi connectivity index (χ1n) is 3.44. The van der Waals surface area contributed by atoms with Gasteiger partial charge in [-0.25, -0.2) is 0 Å². The molecule has 0 amide bonds. The molecular formula is C7H11BrNS2+. The van der Waals surface area contributed by atoms with Gasteiger partial charge in [0.05, 0.1) is 10.3 Å². The molecule has 1 aromatic heterocycles. The highest BCUT2D eigenvalue weighted by molar-refractivity contribution is 9.11. The summed E-state index contributed by atoms with van der Waals surface area (Å²) in [5, 5.41) is 0. The predicted octanol–water partition coefficient (Wildman–Crippen LogP) is 1.99. The molecule has 1 heterocycles. The predicted molar refractivity (Wildman–Crippen MR) is 55.9 cm³/mol. The Morgan fingerprint density at radius 2 is 2.36 bits per heavy atom. The van der Waals surface area contributed by atoms with Gasteiger partial charge < -0.3 is 5.73 Å². The Bertz CT molecular complexity index is 212. The molecular weight excluding hydrogens is 242 g/mol. The van der Waals surface area contributed by atoms with E-state index < -0.39 is 0 Å². The summed E-state index contributed by atoms with van der Waals surface area (Å²) < 4.78 is 1.22. The number of halogens is 1. The Hall–Kier alpha value is 0.490. The fourth-order valence-electron chi connectivity index (χ4n) is 0.704. The molecule has 62 valence electrons. The molecule has 1 nitrogen and oxygen atoms in total. The molecule has 0 radical (unpaired) electrons. The molecule has 11 heavy (non-hydrogen) atoms. The maximum atomic E-state index is 3.80. The second kappa shape index (κ2) is 5.19. The molecule has 0 bridgehead atoms. The van der Waals surface area contributed by atoms with E-state index in [1.807, 2.05) is 23.1 Å². The van der Waals surface area contributed by atoms with E-state index in [0.717, 1.165) is 18.1 Å². The lowest BCUT2D eigenvalue weighted by Crippen LogP contribution is -2.51. The first kappa shape index (κ1) is 9.58. The SMILES string of the molecule is [NH3+]CCSCc1ccc(Br)s1. The van der Waals surface area contributed by atoms with Crippen molar-refractivity contribution in [2.75, 3.05) is 12.3 Å². The minimum atomic E-state index is 1.03. The van der Waals surface area contributed by atoms with E-state index in [2.05, 4.69) is 33.8 Å². The normalized spacial score (nSPS) is 10.4.